The van der Waals surface area contributed by atoms with Gasteiger partial charge in [0.05, 0.1) is 10.8 Å². The van der Waals surface area contributed by atoms with Gasteiger partial charge in [0.2, 0.25) is 11.8 Å². The van der Waals surface area contributed by atoms with Gasteiger partial charge in [-0.15, -0.1) is 12.4 Å². The van der Waals surface area contributed by atoms with Crippen LogP contribution in [0.25, 0.3) is 0 Å². The molecule has 0 aromatic heterocycles. The highest BCUT2D eigenvalue weighted by molar-refractivity contribution is 6.32. The summed E-state index contributed by atoms with van der Waals surface area (Å²) in [5, 5.41) is 0.824. The van der Waals surface area contributed by atoms with Crippen molar-refractivity contribution in [1.29, 1.82) is 0 Å². The molecule has 0 bridgehead atoms. The topological polar surface area (TPSA) is 86.2 Å². The molecule has 0 unspecified atom stereocenters. The van der Waals surface area contributed by atoms with Crippen molar-refractivity contribution in [2.75, 3.05) is 0 Å². The summed E-state index contributed by atoms with van der Waals surface area (Å²) in [6, 6.07) is 8.11. The number of halogens is 5. The fraction of sp³-hybridized carbons (Fsp3) is 0.364. The molecule has 2 aromatic rings. The molecule has 0 atom stereocenters. The molecule has 9 heteroatoms. The minimum Gasteiger partial charge on any atom is -0.369 e. The second-order valence-corrected chi connectivity index (χ2v) is 8.66. The van der Waals surface area contributed by atoms with Crippen LogP contribution in [0.1, 0.15) is 49.7 Å². The maximum Gasteiger partial charge on any atom is 0.228 e. The van der Waals surface area contributed by atoms with E-state index in [9.17, 15) is 18.4 Å². The Hall–Kier alpha value is -1.89. The highest BCUT2D eigenvalue weighted by atomic mass is 35.5. The van der Waals surface area contributed by atoms with Gasteiger partial charge in [-0.05, 0) is 73.2 Å². The van der Waals surface area contributed by atoms with Crippen LogP contribution in [0.3, 0.4) is 0 Å². The van der Waals surface area contributed by atoms with Crippen molar-refractivity contribution < 1.29 is 18.4 Å². The summed E-state index contributed by atoms with van der Waals surface area (Å²) >= 11 is 11.9. The quantitative estimate of drug-likeness (QED) is 0.616. The number of benzene rings is 2. The van der Waals surface area contributed by atoms with Gasteiger partial charge >= 0.3 is 0 Å². The maximum absolute atomic E-state index is 13.1. The highest BCUT2D eigenvalue weighted by Crippen LogP contribution is 2.47. The molecule has 4 nitrogen and oxygen atoms in total. The van der Waals surface area contributed by atoms with Crippen LogP contribution in [-0.2, 0) is 20.4 Å². The second kappa shape index (κ2) is 9.72. The molecule has 168 valence electrons. The smallest absolute Gasteiger partial charge is 0.228 e. The Morgan fingerprint density at radius 2 is 1.06 bits per heavy atom. The van der Waals surface area contributed by atoms with E-state index in [0.717, 1.165) is 12.8 Å². The van der Waals surface area contributed by atoms with E-state index in [1.807, 2.05) is 0 Å². The van der Waals surface area contributed by atoms with Gasteiger partial charge in [-0.1, -0.05) is 36.0 Å². The van der Waals surface area contributed by atoms with Gasteiger partial charge in [0, 0.05) is 10.0 Å². The normalized spacial score (nSPS) is 17.7. The molecule has 0 spiro atoms. The summed E-state index contributed by atoms with van der Waals surface area (Å²) in [4.78, 5) is 22.8. The molecule has 2 fully saturated rings. The highest BCUT2D eigenvalue weighted by Gasteiger charge is 2.46. The first-order valence-electron chi connectivity index (χ1n) is 9.63. The van der Waals surface area contributed by atoms with E-state index in [0.29, 0.717) is 46.9 Å². The molecule has 4 rings (SSSR count). The molecule has 0 radical (unpaired) electrons. The number of amides is 2. The first-order valence-corrected chi connectivity index (χ1v) is 10.4. The molecule has 0 heterocycles. The van der Waals surface area contributed by atoms with E-state index < -0.39 is 22.6 Å². The predicted octanol–water partition coefficient (Wildman–Crippen LogP) is 5.19. The maximum atomic E-state index is 13.1. The molecule has 4 N–H and O–H groups in total. The Bertz CT molecular complexity index is 913. The van der Waals surface area contributed by atoms with E-state index >= 15 is 0 Å². The van der Waals surface area contributed by atoms with E-state index in [1.165, 1.54) is 36.4 Å². The van der Waals surface area contributed by atoms with Crippen LogP contribution in [0.5, 0.6) is 0 Å². The van der Waals surface area contributed by atoms with Crippen molar-refractivity contribution in [3.63, 3.8) is 0 Å². The van der Waals surface area contributed by atoms with Gasteiger partial charge in [0.1, 0.15) is 11.6 Å². The number of carbonyl (C=O) groups excluding carboxylic acids is 2. The zero-order chi connectivity index (χ0) is 22.1. The van der Waals surface area contributed by atoms with Crippen molar-refractivity contribution in [2.24, 2.45) is 11.5 Å². The van der Waals surface area contributed by atoms with Crippen LogP contribution in [-0.4, -0.2) is 11.8 Å². The molecule has 2 aliphatic rings. The summed E-state index contributed by atoms with van der Waals surface area (Å²) < 4.78 is 26.2. The Balaban J connectivity index is 0.000000213. The van der Waals surface area contributed by atoms with E-state index in [2.05, 4.69) is 0 Å². The summed E-state index contributed by atoms with van der Waals surface area (Å²) in [5.74, 6) is -1.61. The first kappa shape index (κ1) is 25.4. The molecular weight excluding hydrogens is 469 g/mol. The van der Waals surface area contributed by atoms with Crippen LogP contribution in [0.4, 0.5) is 8.78 Å². The molecule has 2 saturated carbocycles. The van der Waals surface area contributed by atoms with Crippen molar-refractivity contribution in [2.45, 2.75) is 49.4 Å². The van der Waals surface area contributed by atoms with Crippen LogP contribution in [0.2, 0.25) is 10.0 Å². The van der Waals surface area contributed by atoms with Crippen LogP contribution >= 0.6 is 35.6 Å². The van der Waals surface area contributed by atoms with Gasteiger partial charge in [-0.3, -0.25) is 9.59 Å². The summed E-state index contributed by atoms with van der Waals surface area (Å²) in [6.45, 7) is 0. The zero-order valence-corrected chi connectivity index (χ0v) is 18.9. The molecule has 0 aliphatic heterocycles. The Kier molecular flexibility index (Phi) is 7.95. The van der Waals surface area contributed by atoms with Gasteiger partial charge in [0.25, 0.3) is 0 Å². The van der Waals surface area contributed by atoms with E-state index in [1.54, 1.807) is 0 Å². The van der Waals surface area contributed by atoms with Gasteiger partial charge in [0.15, 0.2) is 0 Å². The zero-order valence-electron chi connectivity index (χ0n) is 16.6. The number of primary amides is 2. The lowest BCUT2D eigenvalue weighted by Gasteiger charge is -2.39. The van der Waals surface area contributed by atoms with Crippen molar-refractivity contribution >= 4 is 47.4 Å². The largest absolute Gasteiger partial charge is 0.369 e. The molecule has 2 amide bonds. The molecule has 2 aromatic carbocycles. The van der Waals surface area contributed by atoms with Crippen molar-refractivity contribution in [3.8, 4) is 0 Å². The lowest BCUT2D eigenvalue weighted by atomic mass is 9.64. The third-order valence-electron chi connectivity index (χ3n) is 6.25. The van der Waals surface area contributed by atoms with Crippen LogP contribution in [0.15, 0.2) is 36.4 Å². The average Bonchev–Trinajstić information content (AvgIpc) is 2.59. The molecule has 31 heavy (non-hydrogen) atoms. The SMILES string of the molecule is Cl.NC(=O)C1(c2cc(F)ccc2Cl)CCC1.NC(=O)C1(c2cc(F)ccc2Cl)CCC1. The van der Waals surface area contributed by atoms with E-state index in [4.69, 9.17) is 34.7 Å². The number of rotatable bonds is 4. The average molecular weight is 492 g/mol. The third kappa shape index (κ3) is 4.66. The summed E-state index contributed by atoms with van der Waals surface area (Å²) in [6.07, 6.45) is 4.49. The van der Waals surface area contributed by atoms with Crippen LogP contribution in [0, 0.1) is 11.6 Å². The first-order chi connectivity index (χ1) is 14.1. The number of nitrogens with two attached hydrogens (primary N) is 2. The Labute approximate surface area is 195 Å². The number of carbonyl (C=O) groups is 2. The second-order valence-electron chi connectivity index (χ2n) is 7.85. The molecule has 2 aliphatic carbocycles. The van der Waals surface area contributed by atoms with Gasteiger partial charge in [-0.25, -0.2) is 8.78 Å². The number of hydrogen-bond acceptors (Lipinski definition) is 2. The van der Waals surface area contributed by atoms with E-state index in [-0.39, 0.29) is 24.0 Å². The van der Waals surface area contributed by atoms with Crippen LogP contribution < -0.4 is 11.5 Å². The van der Waals surface area contributed by atoms with Crippen molar-refractivity contribution in [1.82, 2.24) is 0 Å². The monoisotopic (exact) mass is 490 g/mol. The fourth-order valence-corrected chi connectivity index (χ4v) is 4.68. The van der Waals surface area contributed by atoms with Gasteiger partial charge in [-0.2, -0.15) is 0 Å². The van der Waals surface area contributed by atoms with Gasteiger partial charge < -0.3 is 11.5 Å². The lowest BCUT2D eigenvalue weighted by Crippen LogP contribution is -2.47. The molecular formula is C22H23Cl3F2N2O2. The Morgan fingerprint density at radius 3 is 1.29 bits per heavy atom. The standard InChI is InChI=1S/2C11H11ClFNO.ClH/c2*12-9-3-2-7(13)6-8(9)11(10(14)15)4-1-5-11;/h2*2-3,6H,1,4-5H2,(H2,14,15);1H. The fourth-order valence-electron chi connectivity index (χ4n) is 4.09. The lowest BCUT2D eigenvalue weighted by molar-refractivity contribution is -0.127. The minimum absolute atomic E-state index is 0. The minimum atomic E-state index is -0.737. The number of hydrogen-bond donors (Lipinski definition) is 2. The Morgan fingerprint density at radius 1 is 0.742 bits per heavy atom. The third-order valence-corrected chi connectivity index (χ3v) is 6.90. The summed E-state index contributed by atoms with van der Waals surface area (Å²) in [7, 11) is 0. The summed E-state index contributed by atoms with van der Waals surface area (Å²) in [5.41, 5.74) is 10.3. The predicted molar refractivity (Wildman–Crippen MR) is 120 cm³/mol. The molecule has 0 saturated heterocycles. The van der Waals surface area contributed by atoms with Crippen molar-refractivity contribution in [3.05, 3.63) is 69.2 Å².